The van der Waals surface area contributed by atoms with E-state index in [9.17, 15) is 0 Å². The second-order valence-corrected chi connectivity index (χ2v) is 4.95. The summed E-state index contributed by atoms with van der Waals surface area (Å²) in [6.45, 7) is 5.94. The van der Waals surface area contributed by atoms with E-state index >= 15 is 0 Å². The minimum Gasteiger partial charge on any atom is -1.00 e. The average Bonchev–Trinajstić information content (AvgIpc) is 2.41. The van der Waals surface area contributed by atoms with Crippen LogP contribution in [0.5, 0.6) is 0 Å². The van der Waals surface area contributed by atoms with E-state index in [0.717, 1.165) is 17.6 Å². The maximum atomic E-state index is 4.00. The van der Waals surface area contributed by atoms with Gasteiger partial charge in [-0.2, -0.15) is 0 Å². The van der Waals surface area contributed by atoms with Crippen LogP contribution in [-0.2, 0) is 13.1 Å². The molecule has 0 unspecified atom stereocenters. The Balaban J connectivity index is 0.00000180. The molecular formula is C17H20ClN. The van der Waals surface area contributed by atoms with E-state index in [0.29, 0.717) is 0 Å². The van der Waals surface area contributed by atoms with E-state index in [-0.39, 0.29) is 12.4 Å². The molecule has 0 aliphatic heterocycles. The highest BCUT2D eigenvalue weighted by Crippen LogP contribution is 2.17. The lowest BCUT2D eigenvalue weighted by molar-refractivity contribution is -0.886. The Morgan fingerprint density at radius 3 is 1.53 bits per heavy atom. The van der Waals surface area contributed by atoms with Crippen LogP contribution in [0.1, 0.15) is 11.1 Å². The normalized spacial score (nSPS) is 10.6. The van der Waals surface area contributed by atoms with E-state index in [4.69, 9.17) is 0 Å². The molecule has 0 amide bonds. The second kappa shape index (κ2) is 7.13. The van der Waals surface area contributed by atoms with Gasteiger partial charge in [0.1, 0.15) is 13.1 Å². The second-order valence-electron chi connectivity index (χ2n) is 4.95. The smallest absolute Gasteiger partial charge is 0.109 e. The van der Waals surface area contributed by atoms with Gasteiger partial charge < -0.3 is 12.4 Å². The molecule has 0 saturated carbocycles. The van der Waals surface area contributed by atoms with Crippen LogP contribution < -0.4 is 12.4 Å². The number of rotatable bonds is 5. The summed E-state index contributed by atoms with van der Waals surface area (Å²) in [6, 6.07) is 21.1. The number of hydrogen-bond donors (Lipinski definition) is 0. The third-order valence-corrected chi connectivity index (χ3v) is 3.21. The molecule has 0 saturated heterocycles. The third-order valence-electron chi connectivity index (χ3n) is 3.21. The minimum atomic E-state index is 0. The number of halogens is 1. The van der Waals surface area contributed by atoms with Gasteiger partial charge in [-0.05, 0) is 6.58 Å². The molecule has 2 heteroatoms. The third kappa shape index (κ3) is 4.55. The van der Waals surface area contributed by atoms with Gasteiger partial charge in [-0.25, -0.2) is 0 Å². The summed E-state index contributed by atoms with van der Waals surface area (Å²) in [6.07, 6.45) is 2.03. The lowest BCUT2D eigenvalue weighted by Gasteiger charge is -2.30. The Morgan fingerprint density at radius 1 is 0.842 bits per heavy atom. The fourth-order valence-electron chi connectivity index (χ4n) is 2.19. The van der Waals surface area contributed by atoms with Gasteiger partial charge in [0, 0.05) is 11.1 Å². The zero-order valence-electron chi connectivity index (χ0n) is 11.3. The van der Waals surface area contributed by atoms with Crippen LogP contribution in [0.3, 0.4) is 0 Å². The Kier molecular flexibility index (Phi) is 5.81. The first-order chi connectivity index (χ1) is 8.72. The summed E-state index contributed by atoms with van der Waals surface area (Å²) in [7, 11) is 2.22. The summed E-state index contributed by atoms with van der Waals surface area (Å²) >= 11 is 0. The van der Waals surface area contributed by atoms with Crippen molar-refractivity contribution < 1.29 is 16.9 Å². The number of quaternary nitrogens is 1. The van der Waals surface area contributed by atoms with E-state index < -0.39 is 0 Å². The van der Waals surface area contributed by atoms with Crippen LogP contribution in [0.15, 0.2) is 73.4 Å². The van der Waals surface area contributed by atoms with Crippen LogP contribution >= 0.6 is 0 Å². The first kappa shape index (κ1) is 15.5. The van der Waals surface area contributed by atoms with Gasteiger partial charge in [-0.3, -0.25) is 4.48 Å². The van der Waals surface area contributed by atoms with Crippen molar-refractivity contribution in [3.63, 3.8) is 0 Å². The molecule has 1 nitrogen and oxygen atoms in total. The summed E-state index contributed by atoms with van der Waals surface area (Å²) < 4.78 is 0.814. The highest BCUT2D eigenvalue weighted by molar-refractivity contribution is 5.15. The predicted octanol–water partition coefficient (Wildman–Crippen LogP) is 0.981. The number of nitrogens with zero attached hydrogens (tertiary/aromatic N) is 1. The molecule has 0 radical (unpaired) electrons. The fraction of sp³-hybridized carbons (Fsp3) is 0.176. The Labute approximate surface area is 122 Å². The molecule has 0 aliphatic rings. The highest BCUT2D eigenvalue weighted by Gasteiger charge is 2.18. The predicted molar refractivity (Wildman–Crippen MR) is 76.7 cm³/mol. The lowest BCUT2D eigenvalue weighted by atomic mass is 10.1. The molecule has 0 N–H and O–H groups in total. The van der Waals surface area contributed by atoms with Gasteiger partial charge >= 0.3 is 0 Å². The maximum absolute atomic E-state index is 4.00. The van der Waals surface area contributed by atoms with Crippen molar-refractivity contribution in [1.82, 2.24) is 0 Å². The molecule has 0 heterocycles. The van der Waals surface area contributed by atoms with Crippen molar-refractivity contribution in [2.75, 3.05) is 7.05 Å². The molecule has 0 bridgehead atoms. The monoisotopic (exact) mass is 273 g/mol. The molecule has 0 spiro atoms. The Hall–Kier alpha value is -1.57. The van der Waals surface area contributed by atoms with Crippen molar-refractivity contribution in [3.8, 4) is 0 Å². The molecule has 0 fully saturated rings. The van der Waals surface area contributed by atoms with Gasteiger partial charge in [0.15, 0.2) is 0 Å². The van der Waals surface area contributed by atoms with Crippen LogP contribution in [0.25, 0.3) is 0 Å². The van der Waals surface area contributed by atoms with E-state index in [1.54, 1.807) is 0 Å². The van der Waals surface area contributed by atoms with E-state index in [1.165, 1.54) is 11.1 Å². The molecule has 0 atom stereocenters. The van der Waals surface area contributed by atoms with E-state index in [2.05, 4.69) is 74.3 Å². The van der Waals surface area contributed by atoms with Crippen molar-refractivity contribution >= 4 is 0 Å². The standard InChI is InChI=1S/C17H20N.ClH/c1-3-18(2,14-16-10-6-4-7-11-16)15-17-12-8-5-9-13-17;/h3-13H,1,14-15H2,2H3;1H/q+1;/p-1. The summed E-state index contributed by atoms with van der Waals surface area (Å²) in [5.74, 6) is 0. The Bertz CT molecular complexity index is 452. The quantitative estimate of drug-likeness (QED) is 0.713. The summed E-state index contributed by atoms with van der Waals surface area (Å²) in [5, 5.41) is 0. The molecule has 2 aromatic rings. The molecule has 2 rings (SSSR count). The number of hydrogen-bond acceptors (Lipinski definition) is 0. The lowest BCUT2D eigenvalue weighted by Crippen LogP contribution is -3.00. The number of benzene rings is 2. The van der Waals surface area contributed by atoms with Gasteiger partial charge in [0.05, 0.1) is 13.2 Å². The minimum absolute atomic E-state index is 0. The zero-order chi connectivity index (χ0) is 12.8. The first-order valence-electron chi connectivity index (χ1n) is 6.27. The highest BCUT2D eigenvalue weighted by atomic mass is 35.5. The van der Waals surface area contributed by atoms with Crippen molar-refractivity contribution in [1.29, 1.82) is 0 Å². The van der Waals surface area contributed by atoms with Crippen LogP contribution in [0.2, 0.25) is 0 Å². The maximum Gasteiger partial charge on any atom is 0.109 e. The van der Waals surface area contributed by atoms with Crippen molar-refractivity contribution in [3.05, 3.63) is 84.6 Å². The van der Waals surface area contributed by atoms with Crippen molar-refractivity contribution in [2.24, 2.45) is 0 Å². The average molecular weight is 274 g/mol. The van der Waals surface area contributed by atoms with Gasteiger partial charge in [0.25, 0.3) is 0 Å². The topological polar surface area (TPSA) is 0 Å². The van der Waals surface area contributed by atoms with Gasteiger partial charge in [-0.1, -0.05) is 60.7 Å². The van der Waals surface area contributed by atoms with Crippen molar-refractivity contribution in [2.45, 2.75) is 13.1 Å². The van der Waals surface area contributed by atoms with E-state index in [1.807, 2.05) is 6.20 Å². The molecule has 0 aliphatic carbocycles. The molecule has 19 heavy (non-hydrogen) atoms. The van der Waals surface area contributed by atoms with Crippen LogP contribution in [0.4, 0.5) is 0 Å². The largest absolute Gasteiger partial charge is 1.00 e. The molecule has 2 aromatic carbocycles. The van der Waals surface area contributed by atoms with Gasteiger partial charge in [-0.15, -0.1) is 0 Å². The van der Waals surface area contributed by atoms with Crippen LogP contribution in [0, 0.1) is 0 Å². The SMILES string of the molecule is C=C[N+](C)(Cc1ccccc1)Cc1ccccc1.[Cl-]. The molecular weight excluding hydrogens is 254 g/mol. The van der Waals surface area contributed by atoms with Gasteiger partial charge in [0.2, 0.25) is 0 Å². The first-order valence-corrected chi connectivity index (χ1v) is 6.27. The Morgan fingerprint density at radius 2 is 1.21 bits per heavy atom. The van der Waals surface area contributed by atoms with Crippen LogP contribution in [-0.4, -0.2) is 11.5 Å². The summed E-state index contributed by atoms with van der Waals surface area (Å²) in [5.41, 5.74) is 2.69. The molecule has 100 valence electrons. The fourth-order valence-corrected chi connectivity index (χ4v) is 2.19. The zero-order valence-corrected chi connectivity index (χ0v) is 12.1. The molecule has 0 aromatic heterocycles. The summed E-state index contributed by atoms with van der Waals surface area (Å²) in [4.78, 5) is 0.